The molecular weight excluding hydrogens is 336 g/mol. The summed E-state index contributed by atoms with van der Waals surface area (Å²) >= 11 is 0. The second-order valence-electron chi connectivity index (χ2n) is 6.54. The van der Waals surface area contributed by atoms with E-state index in [-0.39, 0.29) is 17.5 Å². The molecule has 1 fully saturated rings. The van der Waals surface area contributed by atoms with E-state index in [1.54, 1.807) is 24.0 Å². The highest BCUT2D eigenvalue weighted by atomic mass is 16.3. The molecule has 26 heavy (non-hydrogen) atoms. The third-order valence-corrected chi connectivity index (χ3v) is 4.56. The molecule has 3 rings (SSSR count). The zero-order valence-electron chi connectivity index (χ0n) is 14.7. The third kappa shape index (κ3) is 4.19. The lowest BCUT2D eigenvalue weighted by Crippen LogP contribution is -2.35. The number of aromatic amines is 1. The van der Waals surface area contributed by atoms with E-state index in [1.807, 2.05) is 0 Å². The van der Waals surface area contributed by atoms with Crippen molar-refractivity contribution in [2.45, 2.75) is 26.2 Å². The molecule has 0 bridgehead atoms. The Morgan fingerprint density at radius 2 is 2.23 bits per heavy atom. The van der Waals surface area contributed by atoms with Crippen molar-refractivity contribution < 1.29 is 14.0 Å². The van der Waals surface area contributed by atoms with Crippen LogP contribution in [0, 0.1) is 12.8 Å². The monoisotopic (exact) mass is 358 g/mol. The highest BCUT2D eigenvalue weighted by molar-refractivity contribution is 5.92. The van der Waals surface area contributed by atoms with Crippen molar-refractivity contribution in [3.8, 4) is 0 Å². The zero-order chi connectivity index (χ0) is 18.5. The van der Waals surface area contributed by atoms with E-state index in [9.17, 15) is 14.4 Å². The molecule has 0 radical (unpaired) electrons. The summed E-state index contributed by atoms with van der Waals surface area (Å²) in [4.78, 5) is 38.1. The van der Waals surface area contributed by atoms with Crippen LogP contribution in [0.5, 0.6) is 0 Å². The largest absolute Gasteiger partial charge is 0.459 e. The van der Waals surface area contributed by atoms with E-state index in [0.29, 0.717) is 31.1 Å². The van der Waals surface area contributed by atoms with Crippen LogP contribution in [0.2, 0.25) is 0 Å². The van der Waals surface area contributed by atoms with Crippen molar-refractivity contribution in [1.82, 2.24) is 20.4 Å². The van der Waals surface area contributed by atoms with Crippen LogP contribution in [0.25, 0.3) is 0 Å². The number of carbonyl (C=O) groups is 2. The number of carbonyl (C=O) groups excluding carboxylic acids is 2. The van der Waals surface area contributed by atoms with E-state index in [2.05, 4.69) is 15.5 Å². The number of hydrogen-bond donors (Lipinski definition) is 2. The van der Waals surface area contributed by atoms with Crippen LogP contribution in [0.3, 0.4) is 0 Å². The molecule has 0 aliphatic carbocycles. The van der Waals surface area contributed by atoms with E-state index < -0.39 is 11.3 Å². The summed E-state index contributed by atoms with van der Waals surface area (Å²) in [5, 5.41) is 9.23. The molecule has 2 amide bonds. The highest BCUT2D eigenvalue weighted by Crippen LogP contribution is 2.18. The predicted molar refractivity (Wildman–Crippen MR) is 93.9 cm³/mol. The van der Waals surface area contributed by atoms with Crippen molar-refractivity contribution in [1.29, 1.82) is 0 Å². The Hall–Kier alpha value is -2.90. The van der Waals surface area contributed by atoms with Crippen molar-refractivity contribution >= 4 is 11.8 Å². The molecule has 3 heterocycles. The molecule has 0 spiro atoms. The number of rotatable bonds is 4. The third-order valence-electron chi connectivity index (χ3n) is 4.56. The number of amides is 2. The van der Waals surface area contributed by atoms with Gasteiger partial charge >= 0.3 is 0 Å². The fourth-order valence-corrected chi connectivity index (χ4v) is 3.11. The van der Waals surface area contributed by atoms with Gasteiger partial charge in [0.25, 0.3) is 11.8 Å². The zero-order valence-corrected chi connectivity index (χ0v) is 14.7. The summed E-state index contributed by atoms with van der Waals surface area (Å²) < 4.78 is 5.18. The number of aryl methyl sites for hydroxylation is 1. The topological polar surface area (TPSA) is 108 Å². The summed E-state index contributed by atoms with van der Waals surface area (Å²) in [6.07, 6.45) is 4.03. The van der Waals surface area contributed by atoms with Gasteiger partial charge < -0.3 is 14.6 Å². The van der Waals surface area contributed by atoms with Crippen molar-refractivity contribution in [2.75, 3.05) is 19.6 Å². The Bertz CT molecular complexity index is 828. The number of nitrogens with zero attached hydrogens (tertiary/aromatic N) is 2. The number of aromatic nitrogens is 2. The molecule has 8 nitrogen and oxygen atoms in total. The van der Waals surface area contributed by atoms with Gasteiger partial charge in [-0.15, -0.1) is 0 Å². The first kappa shape index (κ1) is 17.9. The average Bonchev–Trinajstić information content (AvgIpc) is 3.05. The van der Waals surface area contributed by atoms with Gasteiger partial charge in [0.05, 0.1) is 6.26 Å². The van der Waals surface area contributed by atoms with E-state index >= 15 is 0 Å². The maximum atomic E-state index is 12.4. The average molecular weight is 358 g/mol. The molecular formula is C18H22N4O4. The van der Waals surface area contributed by atoms with Crippen LogP contribution >= 0.6 is 0 Å². The molecule has 1 aliphatic rings. The Morgan fingerprint density at radius 3 is 2.96 bits per heavy atom. The minimum Gasteiger partial charge on any atom is -0.459 e. The smallest absolute Gasteiger partial charge is 0.289 e. The van der Waals surface area contributed by atoms with Crippen LogP contribution in [-0.2, 0) is 0 Å². The standard InChI is InChI=1S/C18H22N4O4/c1-12-10-14(23)16(21-20-12)17(24)19-11-13-4-2-7-22(8-6-13)18(25)15-5-3-9-26-15/h3,5,9-10,13H,2,4,6-8,11H2,1H3,(H,19,24)(H,20,23). The van der Waals surface area contributed by atoms with E-state index in [1.165, 1.54) is 12.3 Å². The van der Waals surface area contributed by atoms with Crippen LogP contribution in [-0.4, -0.2) is 46.5 Å². The molecule has 2 N–H and O–H groups in total. The SMILES string of the molecule is Cc1cc(=O)c(C(=O)NCC2CCCN(C(=O)c3ccco3)CC2)n[nH]1. The normalized spacial score (nSPS) is 17.6. The van der Waals surface area contributed by atoms with Crippen LogP contribution in [0.1, 0.15) is 46.0 Å². The molecule has 1 unspecified atom stereocenters. The minimum absolute atomic E-state index is 0.102. The quantitative estimate of drug-likeness (QED) is 0.857. The number of H-pyrrole nitrogens is 1. The van der Waals surface area contributed by atoms with Gasteiger partial charge in [0.1, 0.15) is 0 Å². The van der Waals surface area contributed by atoms with Crippen molar-refractivity contribution in [2.24, 2.45) is 5.92 Å². The highest BCUT2D eigenvalue weighted by Gasteiger charge is 2.23. The maximum Gasteiger partial charge on any atom is 0.289 e. The van der Waals surface area contributed by atoms with Gasteiger partial charge in [0.2, 0.25) is 5.43 Å². The Morgan fingerprint density at radius 1 is 1.38 bits per heavy atom. The second-order valence-corrected chi connectivity index (χ2v) is 6.54. The van der Waals surface area contributed by atoms with Crippen LogP contribution in [0.4, 0.5) is 0 Å². The Kier molecular flexibility index (Phi) is 5.50. The molecule has 1 aliphatic heterocycles. The minimum atomic E-state index is -0.473. The van der Waals surface area contributed by atoms with Gasteiger partial charge in [0, 0.05) is 31.4 Å². The summed E-state index contributed by atoms with van der Waals surface area (Å²) in [6, 6.07) is 4.72. The Labute approximate surface area is 150 Å². The molecule has 1 atom stereocenters. The second kappa shape index (κ2) is 7.99. The van der Waals surface area contributed by atoms with Crippen LogP contribution in [0.15, 0.2) is 33.7 Å². The van der Waals surface area contributed by atoms with Gasteiger partial charge in [-0.05, 0) is 44.2 Å². The fourth-order valence-electron chi connectivity index (χ4n) is 3.11. The lowest BCUT2D eigenvalue weighted by molar-refractivity contribution is 0.0727. The number of furan rings is 1. The van der Waals surface area contributed by atoms with Gasteiger partial charge in [-0.25, -0.2) is 0 Å². The summed E-state index contributed by atoms with van der Waals surface area (Å²) in [5.41, 5.74) is 0.0883. The van der Waals surface area contributed by atoms with Gasteiger partial charge in [-0.1, -0.05) is 0 Å². The maximum absolute atomic E-state index is 12.4. The summed E-state index contributed by atoms with van der Waals surface area (Å²) in [5.74, 6) is 0.0217. The predicted octanol–water partition coefficient (Wildman–Crippen LogP) is 1.34. The summed E-state index contributed by atoms with van der Waals surface area (Å²) in [7, 11) is 0. The molecule has 2 aromatic rings. The lowest BCUT2D eigenvalue weighted by Gasteiger charge is -2.19. The van der Waals surface area contributed by atoms with Gasteiger partial charge in [-0.2, -0.15) is 5.10 Å². The molecule has 0 aromatic carbocycles. The summed E-state index contributed by atoms with van der Waals surface area (Å²) in [6.45, 7) is 3.45. The number of hydrogen-bond acceptors (Lipinski definition) is 5. The Balaban J connectivity index is 1.52. The lowest BCUT2D eigenvalue weighted by atomic mass is 10.0. The fraction of sp³-hybridized carbons (Fsp3) is 0.444. The molecule has 138 valence electrons. The van der Waals surface area contributed by atoms with Crippen molar-refractivity contribution in [3.05, 3.63) is 51.8 Å². The van der Waals surface area contributed by atoms with Crippen molar-refractivity contribution in [3.63, 3.8) is 0 Å². The first-order valence-corrected chi connectivity index (χ1v) is 8.72. The first-order valence-electron chi connectivity index (χ1n) is 8.72. The molecule has 0 saturated carbocycles. The number of likely N-dealkylation sites (tertiary alicyclic amines) is 1. The van der Waals surface area contributed by atoms with E-state index in [4.69, 9.17) is 4.42 Å². The van der Waals surface area contributed by atoms with Gasteiger partial charge in [-0.3, -0.25) is 19.5 Å². The van der Waals surface area contributed by atoms with Crippen LogP contribution < -0.4 is 10.7 Å². The molecule has 2 aromatic heterocycles. The van der Waals surface area contributed by atoms with E-state index in [0.717, 1.165) is 19.3 Å². The first-order chi connectivity index (χ1) is 12.5. The van der Waals surface area contributed by atoms with Gasteiger partial charge in [0.15, 0.2) is 11.5 Å². The number of nitrogens with one attached hydrogen (secondary N) is 2. The molecule has 8 heteroatoms. The molecule has 1 saturated heterocycles.